The van der Waals surface area contributed by atoms with E-state index < -0.39 is 5.60 Å². The van der Waals surface area contributed by atoms with Crippen LogP contribution in [0, 0.1) is 17.3 Å². The van der Waals surface area contributed by atoms with Crippen molar-refractivity contribution in [1.82, 2.24) is 5.32 Å². The van der Waals surface area contributed by atoms with Gasteiger partial charge in [0.15, 0.2) is 0 Å². The maximum atomic E-state index is 12.8. The molecule has 4 heteroatoms. The van der Waals surface area contributed by atoms with E-state index in [-0.39, 0.29) is 11.3 Å². The van der Waals surface area contributed by atoms with Crippen molar-refractivity contribution < 1.29 is 9.90 Å². The number of halogens is 1. The molecule has 23 heavy (non-hydrogen) atoms. The zero-order valence-corrected chi connectivity index (χ0v) is 14.1. The molecule has 0 spiro atoms. The largest absolute Gasteiger partial charge is 0.390 e. The van der Waals surface area contributed by atoms with Crippen molar-refractivity contribution in [3.05, 3.63) is 34.9 Å². The number of hydrogen-bond acceptors (Lipinski definition) is 2. The lowest BCUT2D eigenvalue weighted by Gasteiger charge is -2.59. The van der Waals surface area contributed by atoms with E-state index in [1.807, 2.05) is 24.3 Å². The average molecular weight is 334 g/mol. The molecule has 124 valence electrons. The Kier molecular flexibility index (Phi) is 3.69. The molecule has 2 N–H and O–H groups in total. The normalized spacial score (nSPS) is 37.8. The highest BCUT2D eigenvalue weighted by Gasteiger charge is 2.59. The number of rotatable bonds is 4. The minimum absolute atomic E-state index is 0.166. The second-order valence-corrected chi connectivity index (χ2v) is 8.53. The second kappa shape index (κ2) is 5.49. The van der Waals surface area contributed by atoms with E-state index in [9.17, 15) is 9.90 Å². The fourth-order valence-corrected chi connectivity index (χ4v) is 5.76. The Morgan fingerprint density at radius 2 is 1.83 bits per heavy atom. The number of benzene rings is 1. The van der Waals surface area contributed by atoms with Crippen LogP contribution in [0.2, 0.25) is 5.02 Å². The number of amides is 1. The van der Waals surface area contributed by atoms with Crippen LogP contribution in [0.3, 0.4) is 0 Å². The maximum Gasteiger partial charge on any atom is 0.226 e. The molecule has 5 rings (SSSR count). The lowest BCUT2D eigenvalue weighted by atomic mass is 9.47. The smallest absolute Gasteiger partial charge is 0.226 e. The monoisotopic (exact) mass is 333 g/mol. The third kappa shape index (κ3) is 2.89. The van der Waals surface area contributed by atoms with Crippen LogP contribution in [0.4, 0.5) is 0 Å². The molecule has 1 aromatic rings. The van der Waals surface area contributed by atoms with Gasteiger partial charge in [-0.3, -0.25) is 4.79 Å². The molecule has 1 aromatic carbocycles. The van der Waals surface area contributed by atoms with Gasteiger partial charge in [-0.25, -0.2) is 0 Å². The molecule has 0 radical (unpaired) electrons. The van der Waals surface area contributed by atoms with Crippen LogP contribution in [-0.4, -0.2) is 23.2 Å². The van der Waals surface area contributed by atoms with Gasteiger partial charge in [-0.05, 0) is 74.5 Å². The van der Waals surface area contributed by atoms with E-state index in [2.05, 4.69) is 5.32 Å². The first-order valence-electron chi connectivity index (χ1n) is 8.72. The van der Waals surface area contributed by atoms with E-state index in [1.165, 1.54) is 12.0 Å². The summed E-state index contributed by atoms with van der Waals surface area (Å²) in [6.45, 7) is 0.649. The molecule has 2 atom stereocenters. The zero-order valence-electron chi connectivity index (χ0n) is 13.4. The molecule has 4 saturated carbocycles. The Bertz CT molecular complexity index is 598. The van der Waals surface area contributed by atoms with Gasteiger partial charge < -0.3 is 10.4 Å². The Hall–Kier alpha value is -1.06. The van der Waals surface area contributed by atoms with E-state index in [0.717, 1.165) is 37.1 Å². The van der Waals surface area contributed by atoms with Gasteiger partial charge in [0, 0.05) is 11.6 Å². The molecule has 4 bridgehead atoms. The molecule has 4 aliphatic carbocycles. The minimum Gasteiger partial charge on any atom is -0.390 e. The van der Waals surface area contributed by atoms with Crippen molar-refractivity contribution in [3.63, 3.8) is 0 Å². The first-order valence-corrected chi connectivity index (χ1v) is 9.09. The number of carbonyl (C=O) groups excluding carboxylic acids is 1. The van der Waals surface area contributed by atoms with Gasteiger partial charge in [-0.2, -0.15) is 0 Å². The first kappa shape index (κ1) is 15.5. The molecular formula is C19H24ClNO2. The second-order valence-electron chi connectivity index (χ2n) is 8.10. The summed E-state index contributed by atoms with van der Waals surface area (Å²) in [5.74, 6) is 1.26. The van der Waals surface area contributed by atoms with Crippen molar-refractivity contribution in [3.8, 4) is 0 Å². The van der Waals surface area contributed by atoms with E-state index >= 15 is 0 Å². The van der Waals surface area contributed by atoms with Crippen molar-refractivity contribution in [2.45, 2.75) is 50.5 Å². The summed E-state index contributed by atoms with van der Waals surface area (Å²) >= 11 is 5.89. The maximum absolute atomic E-state index is 12.8. The molecule has 4 fully saturated rings. The number of carbonyl (C=O) groups is 1. The number of aliphatic hydroxyl groups is 1. The SMILES string of the molecule is O=C(NCCc1ccc(Cl)cc1)C12C[C@@H]3C[C@H](CC(O)(C3)C1)C2. The molecule has 0 unspecified atom stereocenters. The van der Waals surface area contributed by atoms with Gasteiger partial charge in [0.1, 0.15) is 0 Å². The molecule has 0 aromatic heterocycles. The van der Waals surface area contributed by atoms with Gasteiger partial charge >= 0.3 is 0 Å². The van der Waals surface area contributed by atoms with Crippen molar-refractivity contribution in [1.29, 1.82) is 0 Å². The molecule has 1 amide bonds. The highest BCUT2D eigenvalue weighted by molar-refractivity contribution is 6.30. The summed E-state index contributed by atoms with van der Waals surface area (Å²) in [5.41, 5.74) is 0.301. The summed E-state index contributed by atoms with van der Waals surface area (Å²) in [4.78, 5) is 12.8. The van der Waals surface area contributed by atoms with E-state index in [1.54, 1.807) is 0 Å². The van der Waals surface area contributed by atoms with Crippen LogP contribution in [0.1, 0.15) is 44.1 Å². The summed E-state index contributed by atoms with van der Waals surface area (Å²) in [6, 6.07) is 7.77. The predicted molar refractivity (Wildman–Crippen MR) is 90.2 cm³/mol. The van der Waals surface area contributed by atoms with Crippen molar-refractivity contribution in [2.24, 2.45) is 17.3 Å². The van der Waals surface area contributed by atoms with Gasteiger partial charge in [-0.1, -0.05) is 23.7 Å². The van der Waals surface area contributed by atoms with E-state index in [0.29, 0.717) is 24.8 Å². The van der Waals surface area contributed by atoms with Gasteiger partial charge in [0.25, 0.3) is 0 Å². The summed E-state index contributed by atoms with van der Waals surface area (Å²) in [5, 5.41) is 14.6. The lowest BCUT2D eigenvalue weighted by molar-refractivity contribution is -0.178. The summed E-state index contributed by atoms with van der Waals surface area (Å²) in [6.07, 6.45) is 6.45. The minimum atomic E-state index is -0.572. The third-order valence-electron chi connectivity index (χ3n) is 6.12. The Balaban J connectivity index is 1.38. The van der Waals surface area contributed by atoms with Gasteiger partial charge in [0.2, 0.25) is 5.91 Å². The van der Waals surface area contributed by atoms with Crippen molar-refractivity contribution >= 4 is 17.5 Å². The Morgan fingerprint density at radius 3 is 2.43 bits per heavy atom. The molecule has 0 heterocycles. The fourth-order valence-electron chi connectivity index (χ4n) is 5.64. The highest BCUT2D eigenvalue weighted by Crippen LogP contribution is 2.61. The Morgan fingerprint density at radius 1 is 1.17 bits per heavy atom. The van der Waals surface area contributed by atoms with E-state index in [4.69, 9.17) is 11.6 Å². The summed E-state index contributed by atoms with van der Waals surface area (Å²) < 4.78 is 0. The fraction of sp³-hybridized carbons (Fsp3) is 0.632. The van der Waals surface area contributed by atoms with Crippen LogP contribution in [0.15, 0.2) is 24.3 Å². The van der Waals surface area contributed by atoms with Crippen LogP contribution in [-0.2, 0) is 11.2 Å². The third-order valence-corrected chi connectivity index (χ3v) is 6.38. The average Bonchev–Trinajstić information content (AvgIpc) is 2.46. The standard InChI is InChI=1S/C19H24ClNO2/c20-16-3-1-13(2-4-16)5-6-21-17(22)18-8-14-7-15(9-18)11-19(23,10-14)12-18/h1-4,14-15,23H,5-12H2,(H,21,22)/t14-,15-,18?,19?/m0/s1. The number of hydrogen-bond donors (Lipinski definition) is 2. The van der Waals surface area contributed by atoms with Crippen LogP contribution >= 0.6 is 11.6 Å². The predicted octanol–water partition coefficient (Wildman–Crippen LogP) is 3.33. The van der Waals surface area contributed by atoms with Gasteiger partial charge in [-0.15, -0.1) is 0 Å². The van der Waals surface area contributed by atoms with Crippen LogP contribution in [0.5, 0.6) is 0 Å². The van der Waals surface area contributed by atoms with Crippen LogP contribution in [0.25, 0.3) is 0 Å². The molecular weight excluding hydrogens is 310 g/mol. The molecule has 0 aliphatic heterocycles. The first-order chi connectivity index (χ1) is 11.0. The quantitative estimate of drug-likeness (QED) is 0.888. The molecule has 4 aliphatic rings. The molecule has 0 saturated heterocycles. The number of nitrogens with one attached hydrogen (secondary N) is 1. The zero-order chi connectivity index (χ0) is 16.1. The Labute approximate surface area is 142 Å². The topological polar surface area (TPSA) is 49.3 Å². The molecule has 3 nitrogen and oxygen atoms in total. The lowest BCUT2D eigenvalue weighted by Crippen LogP contribution is -2.60. The van der Waals surface area contributed by atoms with Gasteiger partial charge in [0.05, 0.1) is 11.0 Å². The van der Waals surface area contributed by atoms with Crippen LogP contribution < -0.4 is 5.32 Å². The van der Waals surface area contributed by atoms with Crippen molar-refractivity contribution in [2.75, 3.05) is 6.54 Å². The highest BCUT2D eigenvalue weighted by atomic mass is 35.5. The summed E-state index contributed by atoms with van der Waals surface area (Å²) in [7, 11) is 0.